The summed E-state index contributed by atoms with van der Waals surface area (Å²) in [5.74, 6) is 0.146. The largest absolute Gasteiger partial charge is 0.357 e. The second-order valence-electron chi connectivity index (χ2n) is 5.82. The molecule has 1 aliphatic heterocycles. The van der Waals surface area contributed by atoms with Crippen LogP contribution in [-0.2, 0) is 16.0 Å². The van der Waals surface area contributed by atoms with Gasteiger partial charge in [-0.05, 0) is 31.4 Å². The molecule has 0 saturated carbocycles. The van der Waals surface area contributed by atoms with E-state index in [0.717, 1.165) is 0 Å². The Morgan fingerprint density at radius 3 is 2.54 bits per heavy atom. The van der Waals surface area contributed by atoms with E-state index in [1.54, 1.807) is 18.2 Å². The Labute approximate surface area is 170 Å². The molecule has 1 saturated heterocycles. The number of carbonyl (C=O) groups excluding carboxylic acids is 2. The normalized spacial score (nSPS) is 14.8. The number of nitrogens with one attached hydrogen (secondary N) is 2. The van der Waals surface area contributed by atoms with Crippen LogP contribution in [0.5, 0.6) is 0 Å². The van der Waals surface area contributed by atoms with Crippen molar-refractivity contribution < 1.29 is 14.0 Å². The lowest BCUT2D eigenvalue weighted by Gasteiger charge is -2.25. The molecule has 1 aliphatic rings. The average Bonchev–Trinajstić information content (AvgIpc) is 2.59. The Hall–Kier alpha value is -1.71. The number of aliphatic imine (C=N–C) groups is 1. The van der Waals surface area contributed by atoms with Gasteiger partial charge in [0.25, 0.3) is 0 Å². The fourth-order valence-corrected chi connectivity index (χ4v) is 2.67. The third-order valence-corrected chi connectivity index (χ3v) is 3.96. The second-order valence-corrected chi connectivity index (χ2v) is 5.82. The van der Waals surface area contributed by atoms with Crippen molar-refractivity contribution >= 4 is 41.8 Å². The van der Waals surface area contributed by atoms with Crippen molar-refractivity contribution in [3.8, 4) is 0 Å². The summed E-state index contributed by atoms with van der Waals surface area (Å²) in [6, 6.07) is 6.66. The van der Waals surface area contributed by atoms with E-state index in [-0.39, 0.29) is 41.6 Å². The van der Waals surface area contributed by atoms with Crippen LogP contribution in [0.2, 0.25) is 0 Å². The zero-order valence-electron chi connectivity index (χ0n) is 15.0. The van der Waals surface area contributed by atoms with Crippen LogP contribution in [0.25, 0.3) is 0 Å². The molecule has 1 aromatic rings. The number of benzene rings is 1. The molecular formula is C18H26FIN4O2. The molecule has 0 aliphatic carbocycles. The van der Waals surface area contributed by atoms with Crippen LogP contribution >= 0.6 is 24.0 Å². The minimum Gasteiger partial charge on any atom is -0.357 e. The topological polar surface area (TPSA) is 73.8 Å². The van der Waals surface area contributed by atoms with Crippen LogP contribution in [0.3, 0.4) is 0 Å². The molecule has 6 nitrogen and oxygen atoms in total. The zero-order valence-corrected chi connectivity index (χ0v) is 17.3. The van der Waals surface area contributed by atoms with E-state index in [1.165, 1.54) is 11.0 Å². The number of hydrogen-bond donors (Lipinski definition) is 2. The summed E-state index contributed by atoms with van der Waals surface area (Å²) in [5, 5.41) is 6.21. The van der Waals surface area contributed by atoms with Crippen LogP contribution in [-0.4, -0.2) is 48.9 Å². The summed E-state index contributed by atoms with van der Waals surface area (Å²) in [7, 11) is 0. The van der Waals surface area contributed by atoms with Crippen molar-refractivity contribution in [3.63, 3.8) is 0 Å². The smallest absolute Gasteiger partial charge is 0.229 e. The maximum absolute atomic E-state index is 13.6. The molecular weight excluding hydrogens is 450 g/mol. The Morgan fingerprint density at radius 1 is 1.19 bits per heavy atom. The molecule has 2 rings (SSSR count). The lowest BCUT2D eigenvalue weighted by molar-refractivity contribution is -0.147. The van der Waals surface area contributed by atoms with Gasteiger partial charge >= 0.3 is 0 Å². The number of likely N-dealkylation sites (tertiary alicyclic amines) is 1. The van der Waals surface area contributed by atoms with Gasteiger partial charge in [0.05, 0.1) is 0 Å². The van der Waals surface area contributed by atoms with E-state index < -0.39 is 0 Å². The van der Waals surface area contributed by atoms with Crippen LogP contribution in [0, 0.1) is 5.82 Å². The summed E-state index contributed by atoms with van der Waals surface area (Å²) in [4.78, 5) is 29.2. The van der Waals surface area contributed by atoms with Crippen LogP contribution in [0.4, 0.5) is 4.39 Å². The van der Waals surface area contributed by atoms with Gasteiger partial charge in [0, 0.05) is 39.0 Å². The minimum absolute atomic E-state index is 0. The zero-order chi connectivity index (χ0) is 18.1. The molecule has 0 atom stereocenters. The predicted octanol–water partition coefficient (Wildman–Crippen LogP) is 2.08. The number of rotatable bonds is 7. The van der Waals surface area contributed by atoms with Crippen molar-refractivity contribution in [3.05, 3.63) is 35.6 Å². The third-order valence-electron chi connectivity index (χ3n) is 3.96. The monoisotopic (exact) mass is 476 g/mol. The van der Waals surface area contributed by atoms with Crippen molar-refractivity contribution in [2.45, 2.75) is 32.6 Å². The van der Waals surface area contributed by atoms with Crippen LogP contribution in [0.1, 0.15) is 31.7 Å². The van der Waals surface area contributed by atoms with E-state index >= 15 is 0 Å². The van der Waals surface area contributed by atoms with Crippen molar-refractivity contribution in [2.75, 3.05) is 26.2 Å². The number of carbonyl (C=O) groups is 2. The highest BCUT2D eigenvalue weighted by Gasteiger charge is 2.25. The summed E-state index contributed by atoms with van der Waals surface area (Å²) in [6.45, 7) is 3.84. The average molecular weight is 476 g/mol. The van der Waals surface area contributed by atoms with E-state index in [9.17, 15) is 14.0 Å². The number of halogens is 2. The van der Waals surface area contributed by atoms with Gasteiger partial charge in [0.2, 0.25) is 11.8 Å². The summed E-state index contributed by atoms with van der Waals surface area (Å²) in [6.07, 6.45) is 2.01. The standard InChI is InChI=1S/C18H25FN4O2.HI/c1-2-20-18(21-11-10-14-6-3-4-7-15(14)19)22-12-13-23-16(24)8-5-9-17(23)25;/h3-4,6-7H,2,5,8-13H2,1H3,(H2,20,21,22);1H. The van der Waals surface area contributed by atoms with Gasteiger partial charge in [0.15, 0.2) is 5.96 Å². The molecule has 1 aromatic carbocycles. The highest BCUT2D eigenvalue weighted by molar-refractivity contribution is 14.0. The first kappa shape index (κ1) is 22.3. The highest BCUT2D eigenvalue weighted by atomic mass is 127. The van der Waals surface area contributed by atoms with Gasteiger partial charge in [-0.2, -0.15) is 0 Å². The van der Waals surface area contributed by atoms with Gasteiger partial charge in [-0.25, -0.2) is 4.39 Å². The van der Waals surface area contributed by atoms with Gasteiger partial charge in [-0.3, -0.25) is 19.5 Å². The number of nitrogens with zero attached hydrogens (tertiary/aromatic N) is 2. The molecule has 0 bridgehead atoms. The number of guanidine groups is 1. The molecule has 2 N–H and O–H groups in total. The van der Waals surface area contributed by atoms with E-state index in [0.29, 0.717) is 63.4 Å². The molecule has 0 aromatic heterocycles. The maximum atomic E-state index is 13.6. The molecule has 144 valence electrons. The van der Waals surface area contributed by atoms with Crippen molar-refractivity contribution in [2.24, 2.45) is 4.99 Å². The van der Waals surface area contributed by atoms with E-state index in [2.05, 4.69) is 15.6 Å². The summed E-state index contributed by atoms with van der Waals surface area (Å²) in [5.41, 5.74) is 0.631. The first-order valence-corrected chi connectivity index (χ1v) is 8.70. The quantitative estimate of drug-likeness (QED) is 0.274. The molecule has 1 fully saturated rings. The molecule has 1 heterocycles. The predicted molar refractivity (Wildman–Crippen MR) is 110 cm³/mol. The Balaban J connectivity index is 0.00000338. The van der Waals surface area contributed by atoms with Crippen molar-refractivity contribution in [1.29, 1.82) is 0 Å². The van der Waals surface area contributed by atoms with E-state index in [1.807, 2.05) is 6.92 Å². The second kappa shape index (κ2) is 11.8. The number of hydrogen-bond acceptors (Lipinski definition) is 3. The highest BCUT2D eigenvalue weighted by Crippen LogP contribution is 2.11. The Bertz CT molecular complexity index is 623. The molecule has 2 amide bonds. The molecule has 0 radical (unpaired) electrons. The summed E-state index contributed by atoms with van der Waals surface area (Å²) >= 11 is 0. The number of amides is 2. The first-order valence-electron chi connectivity index (χ1n) is 8.70. The van der Waals surface area contributed by atoms with Crippen molar-refractivity contribution in [1.82, 2.24) is 15.5 Å². The SMILES string of the molecule is CCNC(=NCCc1ccccc1F)NCCN1C(=O)CCCC1=O.I. The van der Waals surface area contributed by atoms with Gasteiger partial charge in [-0.15, -0.1) is 24.0 Å². The lowest BCUT2D eigenvalue weighted by Crippen LogP contribution is -2.46. The molecule has 0 spiro atoms. The summed E-state index contributed by atoms with van der Waals surface area (Å²) < 4.78 is 13.6. The van der Waals surface area contributed by atoms with E-state index in [4.69, 9.17) is 0 Å². The Kier molecular flexibility index (Phi) is 10.2. The van der Waals surface area contributed by atoms with Gasteiger partial charge < -0.3 is 10.6 Å². The molecule has 8 heteroatoms. The third kappa shape index (κ3) is 6.89. The minimum atomic E-state index is -0.224. The molecule has 0 unspecified atom stereocenters. The Morgan fingerprint density at radius 2 is 1.88 bits per heavy atom. The fourth-order valence-electron chi connectivity index (χ4n) is 2.67. The van der Waals surface area contributed by atoms with Crippen LogP contribution < -0.4 is 10.6 Å². The molecule has 26 heavy (non-hydrogen) atoms. The van der Waals surface area contributed by atoms with Crippen LogP contribution in [0.15, 0.2) is 29.3 Å². The first-order chi connectivity index (χ1) is 12.1. The maximum Gasteiger partial charge on any atom is 0.229 e. The fraction of sp³-hybridized carbons (Fsp3) is 0.500. The van der Waals surface area contributed by atoms with Gasteiger partial charge in [-0.1, -0.05) is 18.2 Å². The lowest BCUT2D eigenvalue weighted by atomic mass is 10.1. The number of imide groups is 1. The van der Waals surface area contributed by atoms with Gasteiger partial charge in [0.1, 0.15) is 5.82 Å². The number of piperidine rings is 1.